The molecule has 0 aliphatic rings. The van der Waals surface area contributed by atoms with Crippen LogP contribution in [0.5, 0.6) is 0 Å². The summed E-state index contributed by atoms with van der Waals surface area (Å²) < 4.78 is 12.7. The lowest BCUT2D eigenvalue weighted by molar-refractivity contribution is -0.157. The molecule has 0 radical (unpaired) electrons. The van der Waals surface area contributed by atoms with Crippen LogP contribution in [0.2, 0.25) is 0 Å². The van der Waals surface area contributed by atoms with Crippen molar-refractivity contribution in [3.63, 3.8) is 0 Å². The molecule has 0 aliphatic heterocycles. The van der Waals surface area contributed by atoms with Crippen LogP contribution in [0.25, 0.3) is 5.78 Å². The van der Waals surface area contributed by atoms with Crippen molar-refractivity contribution in [2.24, 2.45) is 5.92 Å². The van der Waals surface area contributed by atoms with Crippen LogP contribution in [-0.2, 0) is 20.9 Å². The Hall–Kier alpha value is -1.95. The van der Waals surface area contributed by atoms with Crippen molar-refractivity contribution in [3.05, 3.63) is 29.3 Å². The van der Waals surface area contributed by atoms with Gasteiger partial charge in [-0.05, 0) is 39.2 Å². The normalized spacial score (nSPS) is 12.8. The molecule has 0 saturated carbocycles. The Morgan fingerprint density at radius 1 is 1.26 bits per heavy atom. The molecule has 6 nitrogen and oxygen atoms in total. The molecule has 2 aromatic rings. The van der Waals surface area contributed by atoms with Gasteiger partial charge < -0.3 is 9.47 Å². The number of ether oxygens (including phenoxy) is 2. The second-order valence-corrected chi connectivity index (χ2v) is 6.24. The molecule has 2 rings (SSSR count). The number of imidazole rings is 1. The van der Waals surface area contributed by atoms with E-state index in [2.05, 4.69) is 23.8 Å². The summed E-state index contributed by atoms with van der Waals surface area (Å²) in [6, 6.07) is 1.98. The first kappa shape index (κ1) is 17.4. The third-order valence-electron chi connectivity index (χ3n) is 3.57. The van der Waals surface area contributed by atoms with Gasteiger partial charge in [-0.25, -0.2) is 14.8 Å². The summed E-state index contributed by atoms with van der Waals surface area (Å²) in [5.41, 5.74) is 2.63. The van der Waals surface area contributed by atoms with Crippen molar-refractivity contribution in [3.8, 4) is 0 Å². The Labute approximate surface area is 136 Å². The van der Waals surface area contributed by atoms with Gasteiger partial charge in [-0.2, -0.15) is 0 Å². The zero-order valence-electron chi connectivity index (χ0n) is 14.5. The molecule has 6 heteroatoms. The Morgan fingerprint density at radius 3 is 2.70 bits per heavy atom. The van der Waals surface area contributed by atoms with Crippen molar-refractivity contribution < 1.29 is 14.3 Å². The number of rotatable bonds is 7. The Balaban J connectivity index is 1.90. The zero-order valence-corrected chi connectivity index (χ0v) is 14.5. The highest BCUT2D eigenvalue weighted by Gasteiger charge is 2.16. The topological polar surface area (TPSA) is 65.7 Å². The first-order chi connectivity index (χ1) is 10.9. The lowest BCUT2D eigenvalue weighted by Gasteiger charge is -2.12. The number of nitrogens with zero attached hydrogens (tertiary/aromatic N) is 3. The molecule has 126 valence electrons. The van der Waals surface area contributed by atoms with Crippen LogP contribution in [0.1, 0.15) is 44.3 Å². The second kappa shape index (κ2) is 7.55. The van der Waals surface area contributed by atoms with E-state index in [1.807, 2.05) is 30.5 Å². The molecular weight excluding hydrogens is 294 g/mol. The van der Waals surface area contributed by atoms with E-state index in [9.17, 15) is 4.79 Å². The average Bonchev–Trinajstić information content (AvgIpc) is 2.87. The van der Waals surface area contributed by atoms with Gasteiger partial charge in [0.1, 0.15) is 6.61 Å². The average molecular weight is 319 g/mol. The smallest absolute Gasteiger partial charge is 0.335 e. The van der Waals surface area contributed by atoms with Gasteiger partial charge in [-0.15, -0.1) is 0 Å². The lowest BCUT2D eigenvalue weighted by Crippen LogP contribution is -2.24. The van der Waals surface area contributed by atoms with Crippen molar-refractivity contribution in [1.29, 1.82) is 0 Å². The molecule has 23 heavy (non-hydrogen) atoms. The van der Waals surface area contributed by atoms with Crippen LogP contribution in [0.4, 0.5) is 0 Å². The van der Waals surface area contributed by atoms with E-state index in [4.69, 9.17) is 9.47 Å². The standard InChI is InChI=1S/C17H25N3O3/c1-11(2)6-7-22-14(5)16(21)23-10-15-9-20-13(4)8-12(3)18-17(20)19-15/h8-9,11,14H,6-7,10H2,1-5H3. The molecule has 0 N–H and O–H groups in total. The van der Waals surface area contributed by atoms with E-state index in [1.165, 1.54) is 0 Å². The van der Waals surface area contributed by atoms with Crippen molar-refractivity contribution in [2.45, 2.75) is 53.8 Å². The van der Waals surface area contributed by atoms with Gasteiger partial charge in [0.15, 0.2) is 6.10 Å². The van der Waals surface area contributed by atoms with Crippen LogP contribution in [0, 0.1) is 19.8 Å². The molecule has 0 fully saturated rings. The van der Waals surface area contributed by atoms with E-state index in [1.54, 1.807) is 6.92 Å². The summed E-state index contributed by atoms with van der Waals surface area (Å²) in [7, 11) is 0. The molecule has 0 saturated heterocycles. The summed E-state index contributed by atoms with van der Waals surface area (Å²) in [4.78, 5) is 20.7. The third-order valence-corrected chi connectivity index (χ3v) is 3.57. The predicted octanol–water partition coefficient (Wildman–Crippen LogP) is 2.84. The van der Waals surface area contributed by atoms with Crippen LogP contribution in [-0.4, -0.2) is 33.0 Å². The van der Waals surface area contributed by atoms with Crippen LogP contribution in [0.15, 0.2) is 12.3 Å². The van der Waals surface area contributed by atoms with Crippen molar-refractivity contribution in [1.82, 2.24) is 14.4 Å². The Kier molecular flexibility index (Phi) is 5.71. The summed E-state index contributed by atoms with van der Waals surface area (Å²) in [5.74, 6) is 0.803. The SMILES string of the molecule is Cc1cc(C)n2cc(COC(=O)C(C)OCCC(C)C)nc2n1. The van der Waals surface area contributed by atoms with E-state index < -0.39 is 6.10 Å². The van der Waals surface area contributed by atoms with Gasteiger partial charge in [0, 0.05) is 24.2 Å². The molecule has 0 spiro atoms. The van der Waals surface area contributed by atoms with Gasteiger partial charge in [0.2, 0.25) is 5.78 Å². The number of hydrogen-bond donors (Lipinski definition) is 0. The van der Waals surface area contributed by atoms with Crippen molar-refractivity contribution >= 4 is 11.7 Å². The Morgan fingerprint density at radius 2 is 2.00 bits per heavy atom. The zero-order chi connectivity index (χ0) is 17.0. The maximum Gasteiger partial charge on any atom is 0.335 e. The van der Waals surface area contributed by atoms with Crippen LogP contribution in [0.3, 0.4) is 0 Å². The van der Waals surface area contributed by atoms with E-state index in [0.717, 1.165) is 17.8 Å². The largest absolute Gasteiger partial charge is 0.457 e. The van der Waals surface area contributed by atoms with E-state index in [0.29, 0.717) is 24.0 Å². The minimum absolute atomic E-state index is 0.124. The highest BCUT2D eigenvalue weighted by molar-refractivity contribution is 5.74. The highest BCUT2D eigenvalue weighted by atomic mass is 16.6. The number of aryl methyl sites for hydroxylation is 2. The molecule has 0 aromatic carbocycles. The molecule has 2 aromatic heterocycles. The number of carbonyl (C=O) groups is 1. The Bertz CT molecular complexity index is 679. The minimum atomic E-state index is -0.562. The van der Waals surface area contributed by atoms with Crippen LogP contribution >= 0.6 is 0 Å². The van der Waals surface area contributed by atoms with E-state index in [-0.39, 0.29) is 12.6 Å². The number of esters is 1. The number of fused-ring (bicyclic) bond motifs is 1. The number of hydrogen-bond acceptors (Lipinski definition) is 5. The van der Waals surface area contributed by atoms with Gasteiger partial charge in [0.05, 0.1) is 5.69 Å². The van der Waals surface area contributed by atoms with Gasteiger partial charge in [-0.1, -0.05) is 13.8 Å². The number of carbonyl (C=O) groups excluding carboxylic acids is 1. The fourth-order valence-electron chi connectivity index (χ4n) is 2.20. The first-order valence-electron chi connectivity index (χ1n) is 7.97. The third kappa shape index (κ3) is 4.76. The maximum absolute atomic E-state index is 11.9. The summed E-state index contributed by atoms with van der Waals surface area (Å²) >= 11 is 0. The molecule has 1 atom stereocenters. The monoisotopic (exact) mass is 319 g/mol. The quantitative estimate of drug-likeness (QED) is 0.734. The molecule has 2 heterocycles. The minimum Gasteiger partial charge on any atom is -0.457 e. The van der Waals surface area contributed by atoms with Gasteiger partial charge in [-0.3, -0.25) is 4.40 Å². The summed E-state index contributed by atoms with van der Waals surface area (Å²) in [5, 5.41) is 0. The second-order valence-electron chi connectivity index (χ2n) is 6.24. The van der Waals surface area contributed by atoms with Crippen molar-refractivity contribution in [2.75, 3.05) is 6.61 Å². The lowest BCUT2D eigenvalue weighted by atomic mass is 10.1. The first-order valence-corrected chi connectivity index (χ1v) is 7.97. The fraction of sp³-hybridized carbons (Fsp3) is 0.588. The van der Waals surface area contributed by atoms with Crippen LogP contribution < -0.4 is 0 Å². The molecule has 0 bridgehead atoms. The summed E-state index contributed by atoms with van der Waals surface area (Å²) in [6.45, 7) is 10.5. The molecule has 0 aliphatic carbocycles. The van der Waals surface area contributed by atoms with E-state index >= 15 is 0 Å². The summed E-state index contributed by atoms with van der Waals surface area (Å²) in [6.07, 6.45) is 2.20. The molecule has 0 amide bonds. The van der Waals surface area contributed by atoms with Gasteiger partial charge in [0.25, 0.3) is 0 Å². The highest BCUT2D eigenvalue weighted by Crippen LogP contribution is 2.10. The molecular formula is C17H25N3O3. The van der Waals surface area contributed by atoms with Gasteiger partial charge >= 0.3 is 5.97 Å². The number of aromatic nitrogens is 3. The maximum atomic E-state index is 11.9. The predicted molar refractivity (Wildman–Crippen MR) is 87.1 cm³/mol. The molecule has 1 unspecified atom stereocenters. The fourth-order valence-corrected chi connectivity index (χ4v) is 2.20.